The van der Waals surface area contributed by atoms with Crippen LogP contribution in [0.4, 0.5) is 4.39 Å². The van der Waals surface area contributed by atoms with Gasteiger partial charge < -0.3 is 11.1 Å². The maximum atomic E-state index is 13.7. The Hall–Kier alpha value is -1.58. The average molecular weight is 275 g/mol. The van der Waals surface area contributed by atoms with Gasteiger partial charge in [-0.3, -0.25) is 0 Å². The van der Waals surface area contributed by atoms with E-state index in [1.54, 1.807) is 6.07 Å². The normalized spacial score (nSPS) is 27.4. The van der Waals surface area contributed by atoms with Gasteiger partial charge in [0, 0.05) is 12.0 Å². The van der Waals surface area contributed by atoms with E-state index in [9.17, 15) is 4.39 Å². The van der Waals surface area contributed by atoms with Gasteiger partial charge in [-0.25, -0.2) is 9.38 Å². The molecule has 1 aromatic rings. The second kappa shape index (κ2) is 5.81. The number of guanidine groups is 1. The van der Waals surface area contributed by atoms with E-state index in [0.717, 1.165) is 12.0 Å². The van der Waals surface area contributed by atoms with Crippen LogP contribution in [0.1, 0.15) is 50.0 Å². The lowest BCUT2D eigenvalue weighted by atomic mass is 9.96. The predicted octanol–water partition coefficient (Wildman–Crippen LogP) is 2.92. The lowest BCUT2D eigenvalue weighted by Crippen LogP contribution is -2.41. The summed E-state index contributed by atoms with van der Waals surface area (Å²) >= 11 is 0. The Balaban J connectivity index is 1.56. The van der Waals surface area contributed by atoms with Gasteiger partial charge in [0.15, 0.2) is 5.96 Å². The summed E-state index contributed by atoms with van der Waals surface area (Å²) in [5.41, 5.74) is 6.74. The Morgan fingerprint density at radius 2 is 1.95 bits per heavy atom. The van der Waals surface area contributed by atoms with E-state index in [2.05, 4.69) is 10.3 Å². The van der Waals surface area contributed by atoms with Gasteiger partial charge in [0.05, 0.1) is 6.04 Å². The molecule has 0 spiro atoms. The molecule has 20 heavy (non-hydrogen) atoms. The van der Waals surface area contributed by atoms with Gasteiger partial charge in [-0.05, 0) is 30.9 Å². The quantitative estimate of drug-likeness (QED) is 0.658. The number of hydrogen-bond acceptors (Lipinski definition) is 1. The average Bonchev–Trinajstić information content (AvgIpc) is 3.19. The molecular formula is C16H22FN3. The maximum absolute atomic E-state index is 13.7. The van der Waals surface area contributed by atoms with Crippen molar-refractivity contribution >= 4 is 5.96 Å². The van der Waals surface area contributed by atoms with Crippen LogP contribution in [0.2, 0.25) is 0 Å². The Morgan fingerprint density at radius 1 is 1.20 bits per heavy atom. The van der Waals surface area contributed by atoms with Crippen LogP contribution in [-0.4, -0.2) is 18.0 Å². The third-order valence-corrected chi connectivity index (χ3v) is 4.32. The highest BCUT2D eigenvalue weighted by Crippen LogP contribution is 2.44. The monoisotopic (exact) mass is 275 g/mol. The fourth-order valence-electron chi connectivity index (χ4n) is 3.11. The molecule has 0 aliphatic heterocycles. The molecule has 0 unspecified atom stereocenters. The molecule has 0 aromatic heterocycles. The van der Waals surface area contributed by atoms with Crippen molar-refractivity contribution in [2.45, 2.75) is 56.5 Å². The number of nitrogens with two attached hydrogens (primary N) is 1. The fraction of sp³-hybridized carbons (Fsp3) is 0.562. The van der Waals surface area contributed by atoms with E-state index in [-0.39, 0.29) is 17.8 Å². The molecule has 0 radical (unpaired) electrons. The molecule has 3 nitrogen and oxygen atoms in total. The molecule has 2 aliphatic rings. The molecule has 2 saturated carbocycles. The largest absolute Gasteiger partial charge is 0.370 e. The highest BCUT2D eigenvalue weighted by atomic mass is 19.1. The fourth-order valence-corrected chi connectivity index (χ4v) is 3.11. The molecule has 2 atom stereocenters. The lowest BCUT2D eigenvalue weighted by molar-refractivity contribution is 0.412. The Labute approximate surface area is 119 Å². The molecule has 3 rings (SSSR count). The van der Waals surface area contributed by atoms with Gasteiger partial charge in [-0.1, -0.05) is 37.5 Å². The Kier molecular flexibility index (Phi) is 3.90. The van der Waals surface area contributed by atoms with Crippen molar-refractivity contribution < 1.29 is 4.39 Å². The van der Waals surface area contributed by atoms with Crippen LogP contribution in [0.3, 0.4) is 0 Å². The topological polar surface area (TPSA) is 50.4 Å². The van der Waals surface area contributed by atoms with Crippen LogP contribution in [0.5, 0.6) is 0 Å². The van der Waals surface area contributed by atoms with Crippen LogP contribution < -0.4 is 11.1 Å². The van der Waals surface area contributed by atoms with Crippen LogP contribution in [-0.2, 0) is 0 Å². The summed E-state index contributed by atoms with van der Waals surface area (Å²) in [7, 11) is 0. The molecule has 108 valence electrons. The second-order valence-electron chi connectivity index (χ2n) is 5.92. The number of nitrogens with one attached hydrogen (secondary N) is 1. The van der Waals surface area contributed by atoms with Gasteiger partial charge in [-0.15, -0.1) is 0 Å². The SMILES string of the molecule is NC(=N[C@@H]1C[C@H]1c1ccccc1F)NC1CCCCC1. The maximum Gasteiger partial charge on any atom is 0.189 e. The van der Waals surface area contributed by atoms with Crippen molar-refractivity contribution in [2.75, 3.05) is 0 Å². The van der Waals surface area contributed by atoms with Crippen LogP contribution in [0, 0.1) is 5.82 Å². The first-order chi connectivity index (χ1) is 9.74. The summed E-state index contributed by atoms with van der Waals surface area (Å²) in [6.07, 6.45) is 7.12. The van der Waals surface area contributed by atoms with Crippen molar-refractivity contribution in [3.8, 4) is 0 Å². The molecule has 0 heterocycles. The van der Waals surface area contributed by atoms with Gasteiger partial charge in [0.25, 0.3) is 0 Å². The zero-order chi connectivity index (χ0) is 13.9. The standard InChI is InChI=1S/C16H22FN3/c17-14-9-5-4-8-12(14)13-10-15(13)20-16(18)19-11-6-2-1-3-7-11/h4-5,8-9,11,13,15H,1-3,6-7,10H2,(H3,18,19,20)/t13-,15+/m0/s1. The number of halogens is 1. The first kappa shape index (κ1) is 13.4. The van der Waals surface area contributed by atoms with Gasteiger partial charge >= 0.3 is 0 Å². The molecule has 0 saturated heterocycles. The van der Waals surface area contributed by atoms with E-state index >= 15 is 0 Å². The first-order valence-corrected chi connectivity index (χ1v) is 7.58. The summed E-state index contributed by atoms with van der Waals surface area (Å²) in [5, 5.41) is 3.31. The van der Waals surface area contributed by atoms with Crippen molar-refractivity contribution in [1.82, 2.24) is 5.32 Å². The third-order valence-electron chi connectivity index (χ3n) is 4.32. The molecule has 2 fully saturated rings. The minimum Gasteiger partial charge on any atom is -0.370 e. The number of aliphatic imine (C=N–C) groups is 1. The molecule has 0 amide bonds. The number of benzene rings is 1. The van der Waals surface area contributed by atoms with E-state index in [1.165, 1.54) is 38.2 Å². The van der Waals surface area contributed by atoms with E-state index < -0.39 is 0 Å². The van der Waals surface area contributed by atoms with Crippen molar-refractivity contribution in [3.05, 3.63) is 35.6 Å². The number of rotatable bonds is 3. The summed E-state index contributed by atoms with van der Waals surface area (Å²) in [4.78, 5) is 4.50. The number of hydrogen-bond donors (Lipinski definition) is 2. The first-order valence-electron chi connectivity index (χ1n) is 7.58. The minimum absolute atomic E-state index is 0.131. The Morgan fingerprint density at radius 3 is 2.70 bits per heavy atom. The van der Waals surface area contributed by atoms with Crippen LogP contribution in [0.25, 0.3) is 0 Å². The molecular weight excluding hydrogens is 253 g/mol. The van der Waals surface area contributed by atoms with Gasteiger partial charge in [0.1, 0.15) is 5.82 Å². The van der Waals surface area contributed by atoms with Crippen LogP contribution in [0.15, 0.2) is 29.3 Å². The lowest BCUT2D eigenvalue weighted by Gasteiger charge is -2.23. The molecule has 4 heteroatoms. The van der Waals surface area contributed by atoms with Crippen molar-refractivity contribution in [2.24, 2.45) is 10.7 Å². The highest BCUT2D eigenvalue weighted by Gasteiger charge is 2.40. The zero-order valence-electron chi connectivity index (χ0n) is 11.7. The summed E-state index contributed by atoms with van der Waals surface area (Å²) in [6.45, 7) is 0. The smallest absolute Gasteiger partial charge is 0.189 e. The second-order valence-corrected chi connectivity index (χ2v) is 5.92. The van der Waals surface area contributed by atoms with Crippen molar-refractivity contribution in [3.63, 3.8) is 0 Å². The minimum atomic E-state index is -0.131. The van der Waals surface area contributed by atoms with E-state index in [1.807, 2.05) is 12.1 Å². The number of nitrogens with zero attached hydrogens (tertiary/aromatic N) is 1. The van der Waals surface area contributed by atoms with Gasteiger partial charge in [-0.2, -0.15) is 0 Å². The highest BCUT2D eigenvalue weighted by molar-refractivity contribution is 5.78. The summed E-state index contributed by atoms with van der Waals surface area (Å²) < 4.78 is 13.7. The zero-order valence-corrected chi connectivity index (χ0v) is 11.7. The molecule has 0 bridgehead atoms. The molecule has 1 aromatic carbocycles. The van der Waals surface area contributed by atoms with Crippen LogP contribution >= 0.6 is 0 Å². The van der Waals surface area contributed by atoms with Crippen molar-refractivity contribution in [1.29, 1.82) is 0 Å². The summed E-state index contributed by atoms with van der Waals surface area (Å²) in [5.74, 6) is 0.595. The van der Waals surface area contributed by atoms with Gasteiger partial charge in [0.2, 0.25) is 0 Å². The van der Waals surface area contributed by atoms with E-state index in [4.69, 9.17) is 5.73 Å². The molecule has 3 N–H and O–H groups in total. The van der Waals surface area contributed by atoms with E-state index in [0.29, 0.717) is 12.0 Å². The third kappa shape index (κ3) is 3.11. The Bertz CT molecular complexity index is 494. The molecule has 2 aliphatic carbocycles. The predicted molar refractivity (Wildman–Crippen MR) is 79.2 cm³/mol. The summed E-state index contributed by atoms with van der Waals surface area (Å²) in [6, 6.07) is 7.57.